The standard InChI is InChI=1S/C14H26N4O2S/c1-11(2)7-15-8-13-5-4-6-18(10-13)21(19,20)14-9-16-17-12(14)3/h9,11,13,15H,4-8,10H2,1-3H3,(H,16,17). The molecule has 0 saturated carbocycles. The van der Waals surface area contributed by atoms with E-state index in [0.717, 1.165) is 25.9 Å². The normalized spacial score (nSPS) is 21.0. The van der Waals surface area contributed by atoms with Crippen LogP contribution in [0.2, 0.25) is 0 Å². The topological polar surface area (TPSA) is 78.1 Å². The molecule has 1 saturated heterocycles. The predicted molar refractivity (Wildman–Crippen MR) is 82.5 cm³/mol. The van der Waals surface area contributed by atoms with Gasteiger partial charge in [-0.2, -0.15) is 9.40 Å². The Balaban J connectivity index is 1.99. The number of hydrogen-bond acceptors (Lipinski definition) is 4. The lowest BCUT2D eigenvalue weighted by Gasteiger charge is -2.32. The summed E-state index contributed by atoms with van der Waals surface area (Å²) >= 11 is 0. The first-order chi connectivity index (χ1) is 9.91. The van der Waals surface area contributed by atoms with E-state index in [2.05, 4.69) is 29.4 Å². The number of H-pyrrole nitrogens is 1. The molecule has 1 aliphatic rings. The van der Waals surface area contributed by atoms with Gasteiger partial charge in [0.2, 0.25) is 10.0 Å². The van der Waals surface area contributed by atoms with Gasteiger partial charge in [0, 0.05) is 13.1 Å². The molecule has 0 radical (unpaired) electrons. The van der Waals surface area contributed by atoms with E-state index >= 15 is 0 Å². The largest absolute Gasteiger partial charge is 0.316 e. The van der Waals surface area contributed by atoms with Gasteiger partial charge in [0.1, 0.15) is 4.90 Å². The molecule has 2 rings (SSSR count). The van der Waals surface area contributed by atoms with Crippen LogP contribution in [0.3, 0.4) is 0 Å². The third kappa shape index (κ3) is 4.05. The average Bonchev–Trinajstić information content (AvgIpc) is 2.86. The van der Waals surface area contributed by atoms with Gasteiger partial charge in [-0.3, -0.25) is 5.10 Å². The molecule has 1 aliphatic heterocycles. The Morgan fingerprint density at radius 1 is 1.52 bits per heavy atom. The summed E-state index contributed by atoms with van der Waals surface area (Å²) in [6, 6.07) is 0. The maximum atomic E-state index is 12.6. The summed E-state index contributed by atoms with van der Waals surface area (Å²) in [4.78, 5) is 0.304. The lowest BCUT2D eigenvalue weighted by molar-refractivity contribution is 0.258. The summed E-state index contributed by atoms with van der Waals surface area (Å²) in [7, 11) is -3.41. The molecular weight excluding hydrogens is 288 g/mol. The van der Waals surface area contributed by atoms with Gasteiger partial charge < -0.3 is 5.32 Å². The fraction of sp³-hybridized carbons (Fsp3) is 0.786. The van der Waals surface area contributed by atoms with Crippen molar-refractivity contribution in [1.29, 1.82) is 0 Å². The van der Waals surface area contributed by atoms with Crippen LogP contribution < -0.4 is 5.32 Å². The van der Waals surface area contributed by atoms with Crippen LogP contribution in [0, 0.1) is 18.8 Å². The molecule has 2 N–H and O–H groups in total. The number of aromatic amines is 1. The minimum atomic E-state index is -3.41. The molecule has 0 bridgehead atoms. The minimum Gasteiger partial charge on any atom is -0.316 e. The van der Waals surface area contributed by atoms with Crippen molar-refractivity contribution >= 4 is 10.0 Å². The van der Waals surface area contributed by atoms with Gasteiger partial charge in [-0.05, 0) is 44.7 Å². The van der Waals surface area contributed by atoms with Gasteiger partial charge in [0.15, 0.2) is 0 Å². The van der Waals surface area contributed by atoms with E-state index in [1.165, 1.54) is 6.20 Å². The van der Waals surface area contributed by atoms with E-state index in [9.17, 15) is 8.42 Å². The number of hydrogen-bond donors (Lipinski definition) is 2. The van der Waals surface area contributed by atoms with Crippen LogP contribution in [-0.2, 0) is 10.0 Å². The number of sulfonamides is 1. The van der Waals surface area contributed by atoms with Crippen molar-refractivity contribution in [2.45, 2.75) is 38.5 Å². The Labute approximate surface area is 127 Å². The molecular formula is C14H26N4O2S. The quantitative estimate of drug-likeness (QED) is 0.831. The van der Waals surface area contributed by atoms with Gasteiger partial charge in [0.25, 0.3) is 0 Å². The molecule has 21 heavy (non-hydrogen) atoms. The third-order valence-corrected chi connectivity index (χ3v) is 5.85. The SMILES string of the molecule is Cc1[nH]ncc1S(=O)(=O)N1CCCC(CNCC(C)C)C1. The predicted octanol–water partition coefficient (Wildman–Crippen LogP) is 1.36. The van der Waals surface area contributed by atoms with Crippen LogP contribution in [-0.4, -0.2) is 49.1 Å². The molecule has 0 amide bonds. The van der Waals surface area contributed by atoms with E-state index in [1.807, 2.05) is 0 Å². The first-order valence-electron chi connectivity index (χ1n) is 7.62. The number of aromatic nitrogens is 2. The molecule has 1 aromatic rings. The highest BCUT2D eigenvalue weighted by molar-refractivity contribution is 7.89. The number of piperidine rings is 1. The Morgan fingerprint density at radius 3 is 2.90 bits per heavy atom. The third-order valence-electron chi connectivity index (χ3n) is 3.87. The summed E-state index contributed by atoms with van der Waals surface area (Å²) < 4.78 is 26.9. The highest BCUT2D eigenvalue weighted by Gasteiger charge is 2.31. The van der Waals surface area contributed by atoms with Crippen molar-refractivity contribution in [3.8, 4) is 0 Å². The first kappa shape index (κ1) is 16.5. The van der Waals surface area contributed by atoms with E-state index in [4.69, 9.17) is 0 Å². The monoisotopic (exact) mass is 314 g/mol. The van der Waals surface area contributed by atoms with Crippen LogP contribution in [0.4, 0.5) is 0 Å². The number of nitrogens with zero attached hydrogens (tertiary/aromatic N) is 2. The molecule has 2 heterocycles. The summed E-state index contributed by atoms with van der Waals surface area (Å²) in [5, 5.41) is 9.96. The highest BCUT2D eigenvalue weighted by Crippen LogP contribution is 2.24. The fourth-order valence-corrected chi connectivity index (χ4v) is 4.40. The van der Waals surface area contributed by atoms with Crippen LogP contribution in [0.1, 0.15) is 32.4 Å². The molecule has 7 heteroatoms. The lowest BCUT2D eigenvalue weighted by Crippen LogP contribution is -2.43. The molecule has 0 aliphatic carbocycles. The zero-order valence-electron chi connectivity index (χ0n) is 13.1. The Hall–Kier alpha value is -0.920. The minimum absolute atomic E-state index is 0.304. The second kappa shape index (κ2) is 6.89. The van der Waals surface area contributed by atoms with E-state index in [0.29, 0.717) is 35.5 Å². The summed E-state index contributed by atoms with van der Waals surface area (Å²) in [6.45, 7) is 9.15. The van der Waals surface area contributed by atoms with Crippen molar-refractivity contribution in [3.05, 3.63) is 11.9 Å². The van der Waals surface area contributed by atoms with Crippen molar-refractivity contribution in [1.82, 2.24) is 19.8 Å². The van der Waals surface area contributed by atoms with Crippen molar-refractivity contribution < 1.29 is 8.42 Å². The number of rotatable bonds is 6. The molecule has 1 fully saturated rings. The Kier molecular flexibility index (Phi) is 5.40. The maximum absolute atomic E-state index is 12.6. The molecule has 0 aromatic carbocycles. The first-order valence-corrected chi connectivity index (χ1v) is 9.06. The molecule has 1 atom stereocenters. The van der Waals surface area contributed by atoms with Crippen molar-refractivity contribution in [3.63, 3.8) is 0 Å². The number of nitrogens with one attached hydrogen (secondary N) is 2. The molecule has 0 spiro atoms. The van der Waals surface area contributed by atoms with Crippen LogP contribution in [0.15, 0.2) is 11.1 Å². The second-order valence-corrected chi connectivity index (χ2v) is 8.19. The zero-order chi connectivity index (χ0) is 15.5. The average molecular weight is 314 g/mol. The van der Waals surface area contributed by atoms with E-state index in [-0.39, 0.29) is 0 Å². The fourth-order valence-electron chi connectivity index (χ4n) is 2.73. The van der Waals surface area contributed by atoms with E-state index in [1.54, 1.807) is 11.2 Å². The molecule has 120 valence electrons. The van der Waals surface area contributed by atoms with Gasteiger partial charge in [-0.1, -0.05) is 13.8 Å². The van der Waals surface area contributed by atoms with Crippen LogP contribution >= 0.6 is 0 Å². The Morgan fingerprint density at radius 2 is 2.29 bits per heavy atom. The van der Waals surface area contributed by atoms with Gasteiger partial charge in [-0.15, -0.1) is 0 Å². The van der Waals surface area contributed by atoms with Crippen LogP contribution in [0.25, 0.3) is 0 Å². The highest BCUT2D eigenvalue weighted by atomic mass is 32.2. The molecule has 1 unspecified atom stereocenters. The van der Waals surface area contributed by atoms with Crippen molar-refractivity contribution in [2.24, 2.45) is 11.8 Å². The van der Waals surface area contributed by atoms with Gasteiger partial charge in [0.05, 0.1) is 11.9 Å². The van der Waals surface area contributed by atoms with Crippen LogP contribution in [0.5, 0.6) is 0 Å². The van der Waals surface area contributed by atoms with Gasteiger partial charge in [-0.25, -0.2) is 8.42 Å². The van der Waals surface area contributed by atoms with E-state index < -0.39 is 10.0 Å². The summed E-state index contributed by atoms with van der Waals surface area (Å²) in [5.41, 5.74) is 0.607. The maximum Gasteiger partial charge on any atom is 0.246 e. The molecule has 1 aromatic heterocycles. The zero-order valence-corrected chi connectivity index (χ0v) is 13.9. The summed E-state index contributed by atoms with van der Waals surface area (Å²) in [6.07, 6.45) is 3.41. The summed E-state index contributed by atoms with van der Waals surface area (Å²) in [5.74, 6) is 1.00. The second-order valence-electron chi connectivity index (χ2n) is 6.28. The number of aryl methyl sites for hydroxylation is 1. The van der Waals surface area contributed by atoms with Gasteiger partial charge >= 0.3 is 0 Å². The smallest absolute Gasteiger partial charge is 0.246 e. The van der Waals surface area contributed by atoms with Crippen molar-refractivity contribution in [2.75, 3.05) is 26.2 Å². The lowest BCUT2D eigenvalue weighted by atomic mass is 9.99. The molecule has 6 nitrogen and oxygen atoms in total. The Bertz CT molecular complexity index is 553.